The number of benzene rings is 2. The maximum atomic E-state index is 12.2. The van der Waals surface area contributed by atoms with Crippen LogP contribution in [0.3, 0.4) is 0 Å². The Bertz CT molecular complexity index is 977. The number of rotatable bonds is 8. The summed E-state index contributed by atoms with van der Waals surface area (Å²) in [5.74, 6) is 0.376. The third-order valence-electron chi connectivity index (χ3n) is 4.30. The molecule has 0 unspecified atom stereocenters. The minimum Gasteiger partial charge on any atom is -0.393 e. The van der Waals surface area contributed by atoms with E-state index < -0.39 is 0 Å². The highest BCUT2D eigenvalue weighted by Crippen LogP contribution is 2.25. The number of nitrogens with two attached hydrogens (primary N) is 1. The van der Waals surface area contributed by atoms with Gasteiger partial charge in [-0.3, -0.25) is 15.6 Å². The number of aromatic nitrogens is 2. The molecule has 1 heterocycles. The van der Waals surface area contributed by atoms with Crippen LogP contribution < -0.4 is 21.9 Å². The van der Waals surface area contributed by atoms with Crippen LogP contribution in [0.1, 0.15) is 35.7 Å². The van der Waals surface area contributed by atoms with E-state index in [-0.39, 0.29) is 17.4 Å². The Morgan fingerprint density at radius 2 is 1.86 bits per heavy atom. The van der Waals surface area contributed by atoms with Crippen molar-refractivity contribution >= 4 is 40.5 Å². The second-order valence-electron chi connectivity index (χ2n) is 6.50. The van der Waals surface area contributed by atoms with Gasteiger partial charge in [0.2, 0.25) is 0 Å². The number of nitrogens with one attached hydrogen (secondary N) is 3. The first kappa shape index (κ1) is 20.4. The second-order valence-corrected chi connectivity index (χ2v) is 6.94. The summed E-state index contributed by atoms with van der Waals surface area (Å²) in [4.78, 5) is 20.5. The maximum Gasteiger partial charge on any atom is 0.269 e. The fourth-order valence-corrected chi connectivity index (χ4v) is 2.88. The molecule has 5 N–H and O–H groups in total. The zero-order chi connectivity index (χ0) is 20.6. The number of unbranched alkanes of at least 4 members (excludes halogenated alkanes) is 1. The molecule has 1 aromatic heterocycles. The van der Waals surface area contributed by atoms with Crippen molar-refractivity contribution in [1.82, 2.24) is 15.4 Å². The summed E-state index contributed by atoms with van der Waals surface area (Å²) in [7, 11) is 0. The van der Waals surface area contributed by atoms with Crippen LogP contribution in [0, 0.1) is 0 Å². The molecule has 8 heteroatoms. The monoisotopic (exact) mass is 410 g/mol. The zero-order valence-electron chi connectivity index (χ0n) is 16.1. The Hall–Kier alpha value is -3.32. The molecule has 0 radical (unpaired) electrons. The standard InChI is InChI=1S/C21H23ClN6O/c1-2-3-5-14-8-10-17(11-9-14)26-19-18(23)20(25-13-24-19)27-28-21(29)15-6-4-7-16(22)12-15/h4,6-13H,2-3,5,23H2,1H3,(H,28,29)(H2,24,25,26,27). The molecule has 7 nitrogen and oxygen atoms in total. The first-order valence-corrected chi connectivity index (χ1v) is 9.73. The van der Waals surface area contributed by atoms with Crippen molar-refractivity contribution in [1.29, 1.82) is 0 Å². The van der Waals surface area contributed by atoms with Gasteiger partial charge in [-0.1, -0.05) is 43.1 Å². The molecule has 0 spiro atoms. The predicted octanol–water partition coefficient (Wildman–Crippen LogP) is 4.56. The molecule has 1 amide bonds. The molecule has 0 aliphatic carbocycles. The molecule has 0 bridgehead atoms. The molecule has 0 atom stereocenters. The Balaban J connectivity index is 1.65. The van der Waals surface area contributed by atoms with E-state index in [9.17, 15) is 4.79 Å². The summed E-state index contributed by atoms with van der Waals surface area (Å²) < 4.78 is 0. The molecule has 0 aliphatic heterocycles. The third kappa shape index (κ3) is 5.58. The molecular weight excluding hydrogens is 388 g/mol. The van der Waals surface area contributed by atoms with Crippen LogP contribution in [0.2, 0.25) is 5.02 Å². The normalized spacial score (nSPS) is 10.4. The summed E-state index contributed by atoms with van der Waals surface area (Å²) in [5, 5.41) is 3.65. The second kappa shape index (κ2) is 9.75. The lowest BCUT2D eigenvalue weighted by atomic mass is 10.1. The fraction of sp³-hybridized carbons (Fsp3) is 0.190. The number of hydrazine groups is 1. The van der Waals surface area contributed by atoms with E-state index in [0.717, 1.165) is 12.1 Å². The van der Waals surface area contributed by atoms with Gasteiger partial charge < -0.3 is 11.1 Å². The number of nitrogen functional groups attached to an aromatic ring is 1. The summed E-state index contributed by atoms with van der Waals surface area (Å²) >= 11 is 5.91. The van der Waals surface area contributed by atoms with E-state index in [1.807, 2.05) is 12.1 Å². The topological polar surface area (TPSA) is 105 Å². The summed E-state index contributed by atoms with van der Waals surface area (Å²) in [5.41, 5.74) is 14.3. The molecule has 29 heavy (non-hydrogen) atoms. The van der Waals surface area contributed by atoms with E-state index in [1.165, 1.54) is 24.7 Å². The number of amides is 1. The van der Waals surface area contributed by atoms with E-state index >= 15 is 0 Å². The lowest BCUT2D eigenvalue weighted by Gasteiger charge is -2.13. The van der Waals surface area contributed by atoms with Crippen LogP contribution in [0.5, 0.6) is 0 Å². The van der Waals surface area contributed by atoms with Gasteiger partial charge in [-0.2, -0.15) is 0 Å². The van der Waals surface area contributed by atoms with E-state index in [0.29, 0.717) is 16.4 Å². The number of carbonyl (C=O) groups excluding carboxylic acids is 1. The first-order valence-electron chi connectivity index (χ1n) is 9.35. The summed E-state index contributed by atoms with van der Waals surface area (Å²) in [6.07, 6.45) is 4.76. The van der Waals surface area contributed by atoms with Gasteiger partial charge in [-0.15, -0.1) is 0 Å². The number of aryl methyl sites for hydroxylation is 1. The van der Waals surface area contributed by atoms with Crippen LogP contribution >= 0.6 is 11.6 Å². The summed E-state index contributed by atoms with van der Waals surface area (Å²) in [6, 6.07) is 14.8. The van der Waals surface area contributed by atoms with Gasteiger partial charge in [-0.05, 0) is 48.7 Å². The maximum absolute atomic E-state index is 12.2. The van der Waals surface area contributed by atoms with Crippen LogP contribution in [0.15, 0.2) is 54.9 Å². The van der Waals surface area contributed by atoms with Gasteiger partial charge in [0, 0.05) is 16.3 Å². The molecule has 2 aromatic carbocycles. The minimum atomic E-state index is -0.359. The molecule has 0 saturated carbocycles. The smallest absolute Gasteiger partial charge is 0.269 e. The van der Waals surface area contributed by atoms with Gasteiger partial charge in [0.15, 0.2) is 11.6 Å². The van der Waals surface area contributed by atoms with Crippen LogP contribution in [-0.4, -0.2) is 15.9 Å². The third-order valence-corrected chi connectivity index (χ3v) is 4.54. The van der Waals surface area contributed by atoms with Gasteiger partial charge in [0.25, 0.3) is 5.91 Å². The lowest BCUT2D eigenvalue weighted by Crippen LogP contribution is -2.30. The van der Waals surface area contributed by atoms with Gasteiger partial charge in [0.1, 0.15) is 12.0 Å². The minimum absolute atomic E-state index is 0.286. The average Bonchev–Trinajstić information content (AvgIpc) is 2.73. The van der Waals surface area contributed by atoms with Gasteiger partial charge >= 0.3 is 0 Å². The first-order chi connectivity index (χ1) is 14.1. The summed E-state index contributed by atoms with van der Waals surface area (Å²) in [6.45, 7) is 2.18. The van der Waals surface area contributed by atoms with Crippen molar-refractivity contribution < 1.29 is 4.79 Å². The Labute approximate surface area is 174 Å². The number of carbonyl (C=O) groups is 1. The molecular formula is C21H23ClN6O. The predicted molar refractivity (Wildman–Crippen MR) is 117 cm³/mol. The zero-order valence-corrected chi connectivity index (χ0v) is 16.8. The van der Waals surface area contributed by atoms with Crippen LogP contribution in [0.4, 0.5) is 23.0 Å². The van der Waals surface area contributed by atoms with E-state index in [2.05, 4.69) is 45.2 Å². The number of hydrogen-bond donors (Lipinski definition) is 4. The van der Waals surface area contributed by atoms with Crippen molar-refractivity contribution in [3.8, 4) is 0 Å². The molecule has 0 saturated heterocycles. The van der Waals surface area contributed by atoms with E-state index in [1.54, 1.807) is 24.3 Å². The van der Waals surface area contributed by atoms with Crippen LogP contribution in [-0.2, 0) is 6.42 Å². The van der Waals surface area contributed by atoms with Crippen molar-refractivity contribution in [2.24, 2.45) is 0 Å². The average molecular weight is 411 g/mol. The van der Waals surface area contributed by atoms with Gasteiger partial charge in [-0.25, -0.2) is 9.97 Å². The Kier molecular flexibility index (Phi) is 6.86. The quantitative estimate of drug-likeness (QED) is 0.406. The number of anilines is 4. The number of nitrogens with zero attached hydrogens (tertiary/aromatic N) is 2. The SMILES string of the molecule is CCCCc1ccc(Nc2ncnc(NNC(=O)c3cccc(Cl)c3)c2N)cc1. The van der Waals surface area contributed by atoms with Crippen molar-refractivity contribution in [2.45, 2.75) is 26.2 Å². The highest BCUT2D eigenvalue weighted by Gasteiger charge is 2.11. The Morgan fingerprint density at radius 3 is 2.59 bits per heavy atom. The highest BCUT2D eigenvalue weighted by molar-refractivity contribution is 6.30. The number of hydrogen-bond acceptors (Lipinski definition) is 6. The number of halogens is 1. The molecule has 3 aromatic rings. The van der Waals surface area contributed by atoms with Crippen LogP contribution in [0.25, 0.3) is 0 Å². The Morgan fingerprint density at radius 1 is 1.10 bits per heavy atom. The van der Waals surface area contributed by atoms with E-state index in [4.69, 9.17) is 17.3 Å². The van der Waals surface area contributed by atoms with Crippen molar-refractivity contribution in [2.75, 3.05) is 16.5 Å². The lowest BCUT2D eigenvalue weighted by molar-refractivity contribution is 0.0962. The van der Waals surface area contributed by atoms with Crippen molar-refractivity contribution in [3.63, 3.8) is 0 Å². The molecule has 0 fully saturated rings. The highest BCUT2D eigenvalue weighted by atomic mass is 35.5. The molecule has 0 aliphatic rings. The fourth-order valence-electron chi connectivity index (χ4n) is 2.69. The van der Waals surface area contributed by atoms with Gasteiger partial charge in [0.05, 0.1) is 0 Å². The molecule has 3 rings (SSSR count). The molecule has 150 valence electrons. The largest absolute Gasteiger partial charge is 0.393 e. The van der Waals surface area contributed by atoms with Crippen molar-refractivity contribution in [3.05, 3.63) is 71.0 Å².